The third-order valence-corrected chi connectivity index (χ3v) is 6.44. The predicted octanol–water partition coefficient (Wildman–Crippen LogP) is 2.39. The van der Waals surface area contributed by atoms with Gasteiger partial charge in [0.05, 0.1) is 11.5 Å². The van der Waals surface area contributed by atoms with Gasteiger partial charge in [0.15, 0.2) is 0 Å². The lowest BCUT2D eigenvalue weighted by molar-refractivity contribution is -0.145. The Hall–Kier alpha value is -1.39. The molecule has 2 saturated carbocycles. The van der Waals surface area contributed by atoms with Gasteiger partial charge in [0, 0.05) is 0 Å². The van der Waals surface area contributed by atoms with Crippen molar-refractivity contribution in [2.24, 2.45) is 23.2 Å². The number of hydrogen-bond acceptors (Lipinski definition) is 4. The molecule has 3 aliphatic rings. The van der Waals surface area contributed by atoms with Gasteiger partial charge in [0.1, 0.15) is 12.4 Å². The molecule has 4 atom stereocenters. The molecule has 1 heterocycles. The lowest BCUT2D eigenvalue weighted by Crippen LogP contribution is -2.63. The third-order valence-electron chi connectivity index (χ3n) is 6.44. The molecule has 21 heavy (non-hydrogen) atoms. The minimum atomic E-state index is -0.789. The van der Waals surface area contributed by atoms with Gasteiger partial charge >= 0.3 is 6.09 Å². The zero-order valence-corrected chi connectivity index (χ0v) is 13.1. The smallest absolute Gasteiger partial charge is 0.417 e. The molecule has 0 N–H and O–H groups in total. The maximum atomic E-state index is 12.7. The number of hydrogen-bond donors (Lipinski definition) is 0. The van der Waals surface area contributed by atoms with Crippen molar-refractivity contribution in [2.45, 2.75) is 52.5 Å². The molecule has 1 saturated heterocycles. The van der Waals surface area contributed by atoms with Gasteiger partial charge in [0.25, 0.3) is 0 Å². The molecule has 3 fully saturated rings. The molecule has 0 radical (unpaired) electrons. The maximum absolute atomic E-state index is 12.7. The second-order valence-electron chi connectivity index (χ2n) is 7.41. The van der Waals surface area contributed by atoms with Gasteiger partial charge in [-0.2, -0.15) is 0 Å². The van der Waals surface area contributed by atoms with Crippen molar-refractivity contribution >= 4 is 17.8 Å². The Bertz CT molecular complexity index is 526. The summed E-state index contributed by atoms with van der Waals surface area (Å²) in [5.74, 6) is -0.587. The zero-order valence-electron chi connectivity index (χ0n) is 13.1. The largest absolute Gasteiger partial charge is 0.447 e. The van der Waals surface area contributed by atoms with E-state index in [0.717, 1.165) is 19.3 Å². The van der Waals surface area contributed by atoms with Crippen LogP contribution in [-0.4, -0.2) is 34.8 Å². The van der Waals surface area contributed by atoms with Crippen LogP contribution in [0.3, 0.4) is 0 Å². The van der Waals surface area contributed by atoms with Gasteiger partial charge in [-0.15, -0.1) is 0 Å². The van der Waals surface area contributed by atoms with Gasteiger partial charge in [-0.3, -0.25) is 9.59 Å². The Kier molecular flexibility index (Phi) is 2.98. The van der Waals surface area contributed by atoms with Crippen LogP contribution in [0.25, 0.3) is 0 Å². The summed E-state index contributed by atoms with van der Waals surface area (Å²) in [4.78, 5) is 37.8. The summed E-state index contributed by atoms with van der Waals surface area (Å²) >= 11 is 0. The highest BCUT2D eigenvalue weighted by Crippen LogP contribution is 2.65. The molecule has 1 aliphatic heterocycles. The molecule has 0 aromatic carbocycles. The second-order valence-corrected chi connectivity index (χ2v) is 7.41. The Morgan fingerprint density at radius 3 is 2.43 bits per heavy atom. The van der Waals surface area contributed by atoms with Crippen molar-refractivity contribution in [3.8, 4) is 0 Å². The van der Waals surface area contributed by atoms with E-state index < -0.39 is 23.5 Å². The van der Waals surface area contributed by atoms with Gasteiger partial charge < -0.3 is 4.74 Å². The first-order valence-electron chi connectivity index (χ1n) is 7.74. The summed E-state index contributed by atoms with van der Waals surface area (Å²) < 4.78 is 5.30. The average molecular weight is 293 g/mol. The molecular weight excluding hydrogens is 270 g/mol. The average Bonchev–Trinajstić information content (AvgIpc) is 3.05. The minimum absolute atomic E-state index is 0.158. The fourth-order valence-corrected chi connectivity index (χ4v) is 4.84. The molecular formula is C16H23NO4. The van der Waals surface area contributed by atoms with Gasteiger partial charge in [-0.05, 0) is 50.4 Å². The van der Waals surface area contributed by atoms with Crippen molar-refractivity contribution in [1.82, 2.24) is 4.90 Å². The number of ketones is 1. The number of nitrogens with zero attached hydrogens (tertiary/aromatic N) is 1. The quantitative estimate of drug-likeness (QED) is 0.733. The molecule has 5 heteroatoms. The first kappa shape index (κ1) is 14.5. The molecule has 1 spiro atoms. The normalized spacial score (nSPS) is 37.9. The van der Waals surface area contributed by atoms with Gasteiger partial charge in [-0.1, -0.05) is 13.8 Å². The molecule has 2 aliphatic carbocycles. The summed E-state index contributed by atoms with van der Waals surface area (Å²) in [5, 5.41) is 0. The van der Waals surface area contributed by atoms with E-state index in [1.54, 1.807) is 6.92 Å². The topological polar surface area (TPSA) is 63.7 Å². The Morgan fingerprint density at radius 1 is 1.29 bits per heavy atom. The first-order valence-corrected chi connectivity index (χ1v) is 7.74. The van der Waals surface area contributed by atoms with Crippen LogP contribution in [-0.2, 0) is 14.3 Å². The van der Waals surface area contributed by atoms with Crippen LogP contribution in [0.5, 0.6) is 0 Å². The van der Waals surface area contributed by atoms with Crippen molar-refractivity contribution in [3.63, 3.8) is 0 Å². The van der Waals surface area contributed by atoms with E-state index in [1.165, 1.54) is 11.8 Å². The second kappa shape index (κ2) is 4.31. The number of imide groups is 1. The van der Waals surface area contributed by atoms with E-state index in [-0.39, 0.29) is 17.8 Å². The highest BCUT2D eigenvalue weighted by molar-refractivity contribution is 6.06. The van der Waals surface area contributed by atoms with Crippen LogP contribution in [0.1, 0.15) is 47.0 Å². The van der Waals surface area contributed by atoms with Crippen molar-refractivity contribution < 1.29 is 19.1 Å². The molecule has 2 bridgehead atoms. The zero-order chi connectivity index (χ0) is 15.6. The van der Waals surface area contributed by atoms with Crippen LogP contribution in [0, 0.1) is 23.2 Å². The summed E-state index contributed by atoms with van der Waals surface area (Å²) in [5.41, 5.74) is -0.720. The molecule has 0 aromatic heterocycles. The molecule has 116 valence electrons. The predicted molar refractivity (Wildman–Crippen MR) is 75.4 cm³/mol. The van der Waals surface area contributed by atoms with E-state index >= 15 is 0 Å². The number of carbonyl (C=O) groups excluding carboxylic acids is 3. The lowest BCUT2D eigenvalue weighted by atomic mass is 9.62. The maximum Gasteiger partial charge on any atom is 0.417 e. The summed E-state index contributed by atoms with van der Waals surface area (Å²) in [6.45, 7) is 7.51. The third kappa shape index (κ3) is 1.60. The van der Waals surface area contributed by atoms with Crippen LogP contribution in [0.2, 0.25) is 0 Å². The number of cyclic esters (lactones) is 1. The number of carbonyl (C=O) groups is 3. The van der Waals surface area contributed by atoms with E-state index in [2.05, 4.69) is 13.8 Å². The number of Topliss-reactive ketones (excluding diaryl/α,β-unsaturated/α-hetero) is 1. The Morgan fingerprint density at radius 2 is 1.90 bits per heavy atom. The fraction of sp³-hybridized carbons (Fsp3) is 0.812. The van der Waals surface area contributed by atoms with E-state index in [0.29, 0.717) is 11.8 Å². The SMILES string of the molecule is CC(=O)[C@H](C)C(=O)N1C(=O)OC[C@@]12[C@H]1CC[C@H](C1)C2(C)C. The molecule has 0 aromatic rings. The Balaban J connectivity index is 2.04. The molecule has 5 nitrogen and oxygen atoms in total. The first-order chi connectivity index (χ1) is 9.73. The Labute approximate surface area is 125 Å². The number of rotatable bonds is 2. The van der Waals surface area contributed by atoms with Crippen LogP contribution in [0.15, 0.2) is 0 Å². The standard InChI is InChI=1S/C16H23NO4/c1-9(10(2)18)13(19)17-14(20)21-8-16(17)12-6-5-11(7-12)15(16,3)4/h9,11-12H,5-8H2,1-4H3/t9-,11+,12-,16-/m0/s1. The van der Waals surface area contributed by atoms with Crippen LogP contribution in [0.4, 0.5) is 4.79 Å². The lowest BCUT2D eigenvalue weighted by Gasteiger charge is -2.49. The fourth-order valence-electron chi connectivity index (χ4n) is 4.84. The summed E-state index contributed by atoms with van der Waals surface area (Å²) in [7, 11) is 0. The molecule has 0 unspecified atom stereocenters. The number of ether oxygens (including phenoxy) is 1. The number of amides is 2. The van der Waals surface area contributed by atoms with Gasteiger partial charge in [-0.25, -0.2) is 9.69 Å². The van der Waals surface area contributed by atoms with E-state index in [4.69, 9.17) is 4.74 Å². The van der Waals surface area contributed by atoms with Crippen LogP contribution < -0.4 is 0 Å². The highest BCUT2D eigenvalue weighted by Gasteiger charge is 2.71. The molecule has 2 amide bonds. The molecule has 3 rings (SSSR count). The van der Waals surface area contributed by atoms with Crippen molar-refractivity contribution in [1.29, 1.82) is 0 Å². The monoisotopic (exact) mass is 293 g/mol. The highest BCUT2D eigenvalue weighted by atomic mass is 16.6. The number of fused-ring (bicyclic) bond motifs is 3. The van der Waals surface area contributed by atoms with Crippen molar-refractivity contribution in [3.05, 3.63) is 0 Å². The minimum Gasteiger partial charge on any atom is -0.447 e. The van der Waals surface area contributed by atoms with E-state index in [9.17, 15) is 14.4 Å². The summed E-state index contributed by atoms with van der Waals surface area (Å²) in [6.07, 6.45) is 2.65. The summed E-state index contributed by atoms with van der Waals surface area (Å²) in [6, 6.07) is 0. The van der Waals surface area contributed by atoms with E-state index in [1.807, 2.05) is 0 Å². The van der Waals surface area contributed by atoms with Gasteiger partial charge in [0.2, 0.25) is 5.91 Å². The van der Waals surface area contributed by atoms with Crippen LogP contribution >= 0.6 is 0 Å². The van der Waals surface area contributed by atoms with Crippen molar-refractivity contribution in [2.75, 3.05) is 6.61 Å².